The third-order valence-electron chi connectivity index (χ3n) is 1.42. The molecule has 13 heavy (non-hydrogen) atoms. The Kier molecular flexibility index (Phi) is 3.74. The Balaban J connectivity index is 2.56. The van der Waals surface area contributed by atoms with Gasteiger partial charge < -0.3 is 10.5 Å². The van der Waals surface area contributed by atoms with Crippen molar-refractivity contribution in [2.75, 3.05) is 6.61 Å². The smallest absolute Gasteiger partial charge is 0.133 e. The summed E-state index contributed by atoms with van der Waals surface area (Å²) in [6.07, 6.45) is 0. The Morgan fingerprint density at radius 1 is 1.54 bits per heavy atom. The molecule has 4 heteroatoms. The molecule has 1 atom stereocenters. The number of nitrogens with zero attached hydrogens (tertiary/aromatic N) is 1. The van der Waals surface area contributed by atoms with Crippen LogP contribution in [-0.2, 0) is 0 Å². The molecule has 0 aliphatic carbocycles. The van der Waals surface area contributed by atoms with Crippen LogP contribution in [0.3, 0.4) is 0 Å². The molecule has 0 saturated carbocycles. The number of nitrogens with two attached hydrogens (primary N) is 1. The lowest BCUT2D eigenvalue weighted by atomic mass is 10.3. The van der Waals surface area contributed by atoms with E-state index in [-0.39, 0.29) is 6.61 Å². The van der Waals surface area contributed by atoms with Crippen LogP contribution in [0.25, 0.3) is 0 Å². The normalized spacial score (nSPS) is 11.8. The van der Waals surface area contributed by atoms with Crippen LogP contribution in [-0.4, -0.2) is 12.6 Å². The van der Waals surface area contributed by atoms with Gasteiger partial charge in [0.15, 0.2) is 0 Å². The lowest BCUT2D eigenvalue weighted by molar-refractivity contribution is 0.307. The van der Waals surface area contributed by atoms with Gasteiger partial charge >= 0.3 is 0 Å². The zero-order chi connectivity index (χ0) is 9.68. The average molecular weight is 241 g/mol. The number of nitriles is 1. The zero-order valence-corrected chi connectivity index (χ0v) is 8.49. The van der Waals surface area contributed by atoms with Crippen molar-refractivity contribution in [3.05, 3.63) is 28.7 Å². The summed E-state index contributed by atoms with van der Waals surface area (Å²) in [6, 6.07) is 8.75. The Morgan fingerprint density at radius 3 is 2.85 bits per heavy atom. The SMILES string of the molecule is N#CC(N)COc1ccccc1Br. The summed E-state index contributed by atoms with van der Waals surface area (Å²) in [5.41, 5.74) is 5.37. The van der Waals surface area contributed by atoms with Crippen molar-refractivity contribution in [3.8, 4) is 11.8 Å². The van der Waals surface area contributed by atoms with Gasteiger partial charge in [0.05, 0.1) is 10.5 Å². The van der Waals surface area contributed by atoms with Crippen LogP contribution in [0.5, 0.6) is 5.75 Å². The summed E-state index contributed by atoms with van der Waals surface area (Å²) >= 11 is 3.32. The summed E-state index contributed by atoms with van der Waals surface area (Å²) in [7, 11) is 0. The van der Waals surface area contributed by atoms with E-state index in [1.165, 1.54) is 0 Å². The highest BCUT2D eigenvalue weighted by atomic mass is 79.9. The van der Waals surface area contributed by atoms with Gasteiger partial charge in [-0.05, 0) is 28.1 Å². The highest BCUT2D eigenvalue weighted by Crippen LogP contribution is 2.23. The van der Waals surface area contributed by atoms with Gasteiger partial charge in [-0.3, -0.25) is 0 Å². The van der Waals surface area contributed by atoms with Crippen LogP contribution in [0.1, 0.15) is 0 Å². The van der Waals surface area contributed by atoms with Crippen LogP contribution < -0.4 is 10.5 Å². The lowest BCUT2D eigenvalue weighted by Gasteiger charge is -2.08. The van der Waals surface area contributed by atoms with Crippen LogP contribution >= 0.6 is 15.9 Å². The Bertz CT molecular complexity index is 322. The van der Waals surface area contributed by atoms with Gasteiger partial charge in [-0.25, -0.2) is 0 Å². The zero-order valence-electron chi connectivity index (χ0n) is 6.90. The highest BCUT2D eigenvalue weighted by molar-refractivity contribution is 9.10. The highest BCUT2D eigenvalue weighted by Gasteiger charge is 2.03. The summed E-state index contributed by atoms with van der Waals surface area (Å²) in [6.45, 7) is 0.207. The molecule has 0 heterocycles. The van der Waals surface area contributed by atoms with E-state index in [0.717, 1.165) is 4.47 Å². The molecule has 3 nitrogen and oxygen atoms in total. The van der Waals surface area contributed by atoms with E-state index >= 15 is 0 Å². The quantitative estimate of drug-likeness (QED) is 0.875. The predicted molar refractivity (Wildman–Crippen MR) is 53.2 cm³/mol. The maximum absolute atomic E-state index is 8.42. The molecule has 0 amide bonds. The molecule has 1 aromatic carbocycles. The maximum Gasteiger partial charge on any atom is 0.133 e. The van der Waals surface area contributed by atoms with Crippen LogP contribution in [0.4, 0.5) is 0 Å². The van der Waals surface area contributed by atoms with E-state index in [0.29, 0.717) is 5.75 Å². The third-order valence-corrected chi connectivity index (χ3v) is 2.08. The van der Waals surface area contributed by atoms with Crippen molar-refractivity contribution >= 4 is 15.9 Å². The molecule has 1 rings (SSSR count). The van der Waals surface area contributed by atoms with Crippen molar-refractivity contribution in [2.45, 2.75) is 6.04 Å². The van der Waals surface area contributed by atoms with E-state index in [9.17, 15) is 0 Å². The standard InChI is InChI=1S/C9H9BrN2O/c10-8-3-1-2-4-9(8)13-6-7(12)5-11/h1-4,7H,6,12H2. The summed E-state index contributed by atoms with van der Waals surface area (Å²) in [5, 5.41) is 8.42. The molecule has 0 bridgehead atoms. The van der Waals surface area contributed by atoms with E-state index in [1.807, 2.05) is 30.3 Å². The van der Waals surface area contributed by atoms with Crippen LogP contribution in [0, 0.1) is 11.3 Å². The van der Waals surface area contributed by atoms with Crippen molar-refractivity contribution in [2.24, 2.45) is 5.73 Å². The van der Waals surface area contributed by atoms with Crippen molar-refractivity contribution in [1.82, 2.24) is 0 Å². The van der Waals surface area contributed by atoms with Gasteiger partial charge in [0.2, 0.25) is 0 Å². The molecule has 1 unspecified atom stereocenters. The molecule has 1 aromatic rings. The van der Waals surface area contributed by atoms with Gasteiger partial charge in [-0.2, -0.15) is 5.26 Å². The second kappa shape index (κ2) is 4.85. The minimum absolute atomic E-state index is 0.207. The van der Waals surface area contributed by atoms with Gasteiger partial charge in [-0.15, -0.1) is 0 Å². The van der Waals surface area contributed by atoms with Gasteiger partial charge in [0.25, 0.3) is 0 Å². The minimum Gasteiger partial charge on any atom is -0.490 e. The fourth-order valence-corrected chi connectivity index (χ4v) is 1.18. The Labute approximate surface area is 85.2 Å². The molecule has 0 aromatic heterocycles. The third kappa shape index (κ3) is 3.05. The van der Waals surface area contributed by atoms with Crippen LogP contribution in [0.2, 0.25) is 0 Å². The van der Waals surface area contributed by atoms with Gasteiger partial charge in [0, 0.05) is 0 Å². The predicted octanol–water partition coefficient (Wildman–Crippen LogP) is 1.68. The molecular weight excluding hydrogens is 232 g/mol. The van der Waals surface area contributed by atoms with Crippen molar-refractivity contribution in [3.63, 3.8) is 0 Å². The molecule has 0 spiro atoms. The minimum atomic E-state index is -0.577. The average Bonchev–Trinajstić information content (AvgIpc) is 2.16. The molecule has 0 aliphatic rings. The van der Waals surface area contributed by atoms with Crippen molar-refractivity contribution in [1.29, 1.82) is 5.26 Å². The molecule has 2 N–H and O–H groups in total. The largest absolute Gasteiger partial charge is 0.490 e. The number of hydrogen-bond acceptors (Lipinski definition) is 3. The monoisotopic (exact) mass is 240 g/mol. The second-order valence-electron chi connectivity index (χ2n) is 2.48. The first-order valence-electron chi connectivity index (χ1n) is 3.76. The number of halogens is 1. The Hall–Kier alpha value is -1.05. The summed E-state index contributed by atoms with van der Waals surface area (Å²) in [5.74, 6) is 0.702. The number of hydrogen-bond donors (Lipinski definition) is 1. The number of ether oxygens (including phenoxy) is 1. The van der Waals surface area contributed by atoms with E-state index in [2.05, 4.69) is 15.9 Å². The molecule has 68 valence electrons. The fourth-order valence-electron chi connectivity index (χ4n) is 0.779. The fraction of sp³-hybridized carbons (Fsp3) is 0.222. The molecular formula is C9H9BrN2O. The summed E-state index contributed by atoms with van der Waals surface area (Å²) < 4.78 is 6.16. The number of benzene rings is 1. The molecule has 0 aliphatic heterocycles. The first-order valence-corrected chi connectivity index (χ1v) is 4.56. The summed E-state index contributed by atoms with van der Waals surface area (Å²) in [4.78, 5) is 0. The van der Waals surface area contributed by atoms with E-state index in [4.69, 9.17) is 15.7 Å². The molecule has 0 radical (unpaired) electrons. The van der Waals surface area contributed by atoms with Crippen LogP contribution in [0.15, 0.2) is 28.7 Å². The maximum atomic E-state index is 8.42. The van der Waals surface area contributed by atoms with E-state index < -0.39 is 6.04 Å². The topological polar surface area (TPSA) is 59.0 Å². The number of rotatable bonds is 3. The van der Waals surface area contributed by atoms with Crippen molar-refractivity contribution < 1.29 is 4.74 Å². The van der Waals surface area contributed by atoms with E-state index in [1.54, 1.807) is 0 Å². The first kappa shape index (κ1) is 10.0. The second-order valence-corrected chi connectivity index (χ2v) is 3.33. The molecule has 0 fully saturated rings. The molecule has 0 saturated heterocycles. The lowest BCUT2D eigenvalue weighted by Crippen LogP contribution is -2.25. The first-order chi connectivity index (χ1) is 6.24. The Morgan fingerprint density at radius 2 is 2.23 bits per heavy atom. The van der Waals surface area contributed by atoms with Gasteiger partial charge in [-0.1, -0.05) is 12.1 Å². The van der Waals surface area contributed by atoms with Gasteiger partial charge in [0.1, 0.15) is 18.4 Å². The number of para-hydroxylation sites is 1.